The first-order chi connectivity index (χ1) is 7.67. The average molecular weight is 237 g/mol. The predicted molar refractivity (Wildman–Crippen MR) is 66.2 cm³/mol. The minimum absolute atomic E-state index is 0.0965. The molecule has 4 nitrogen and oxygen atoms in total. The molecule has 0 fully saturated rings. The third kappa shape index (κ3) is 3.57. The van der Waals surface area contributed by atoms with Crippen molar-refractivity contribution in [3.63, 3.8) is 0 Å². The van der Waals surface area contributed by atoms with E-state index >= 15 is 0 Å². The normalized spacial score (nSPS) is 9.19. The van der Waals surface area contributed by atoms with Crippen molar-refractivity contribution in [2.45, 2.75) is 6.54 Å². The summed E-state index contributed by atoms with van der Waals surface area (Å²) in [6.45, 7) is 0.950. The van der Waals surface area contributed by atoms with Gasteiger partial charge in [0.25, 0.3) is 0 Å². The number of carbonyl (C=O) groups is 1. The zero-order valence-electron chi connectivity index (χ0n) is 9.41. The Kier molecular flexibility index (Phi) is 4.83. The number of urea groups is 1. The van der Waals surface area contributed by atoms with Crippen LogP contribution in [0.1, 0.15) is 10.4 Å². The first-order valence-corrected chi connectivity index (χ1v) is 5.74. The second-order valence-electron chi connectivity index (χ2n) is 3.24. The number of carbonyl (C=O) groups excluding carboxylic acids is 1. The number of nitrogens with one attached hydrogen (secondary N) is 1. The summed E-state index contributed by atoms with van der Waals surface area (Å²) in [5.41, 5.74) is 6.37. The van der Waals surface area contributed by atoms with Crippen LogP contribution in [0.2, 0.25) is 0 Å². The van der Waals surface area contributed by atoms with E-state index in [1.165, 1.54) is 0 Å². The molecule has 1 heterocycles. The lowest BCUT2D eigenvalue weighted by Gasteiger charge is -2.15. The van der Waals surface area contributed by atoms with Crippen molar-refractivity contribution in [3.8, 4) is 11.8 Å². The first-order valence-electron chi connectivity index (χ1n) is 4.86. The maximum absolute atomic E-state index is 11.3. The van der Waals surface area contributed by atoms with Gasteiger partial charge in [-0.2, -0.15) is 0 Å². The molecule has 0 saturated heterocycles. The molecule has 5 heteroatoms. The van der Waals surface area contributed by atoms with Crippen LogP contribution in [-0.4, -0.2) is 31.6 Å². The molecule has 2 amide bonds. The van der Waals surface area contributed by atoms with Gasteiger partial charge in [-0.3, -0.25) is 0 Å². The molecule has 0 aliphatic carbocycles. The van der Waals surface area contributed by atoms with Crippen molar-refractivity contribution >= 4 is 17.4 Å². The molecule has 1 aromatic heterocycles. The number of nitrogens with two attached hydrogens (primary N) is 1. The molecule has 0 saturated carbocycles. The van der Waals surface area contributed by atoms with Gasteiger partial charge in [-0.25, -0.2) is 4.79 Å². The average Bonchev–Trinajstić information content (AvgIpc) is 2.72. The second-order valence-corrected chi connectivity index (χ2v) is 4.15. The summed E-state index contributed by atoms with van der Waals surface area (Å²) in [6, 6.07) is 1.88. The molecular formula is C11H15N3OS. The first kappa shape index (κ1) is 12.6. The predicted octanol–water partition coefficient (Wildman–Crippen LogP) is 0.829. The van der Waals surface area contributed by atoms with E-state index in [2.05, 4.69) is 17.2 Å². The van der Waals surface area contributed by atoms with Crippen LogP contribution in [-0.2, 0) is 6.54 Å². The van der Waals surface area contributed by atoms with Gasteiger partial charge in [0.2, 0.25) is 0 Å². The number of hydrogen-bond acceptors (Lipinski definition) is 3. The topological polar surface area (TPSA) is 58.4 Å². The minimum Gasteiger partial charge on any atom is -0.341 e. The smallest absolute Gasteiger partial charge is 0.317 e. The molecule has 0 atom stereocenters. The summed E-state index contributed by atoms with van der Waals surface area (Å²) < 4.78 is 0. The second kappa shape index (κ2) is 6.16. The van der Waals surface area contributed by atoms with Gasteiger partial charge >= 0.3 is 6.03 Å². The molecule has 0 aliphatic heterocycles. The van der Waals surface area contributed by atoms with E-state index in [-0.39, 0.29) is 6.03 Å². The van der Waals surface area contributed by atoms with Gasteiger partial charge < -0.3 is 16.0 Å². The quantitative estimate of drug-likeness (QED) is 0.749. The number of hydrogen-bond donors (Lipinski definition) is 2. The van der Waals surface area contributed by atoms with E-state index in [4.69, 9.17) is 5.73 Å². The van der Waals surface area contributed by atoms with E-state index < -0.39 is 0 Å². The highest BCUT2D eigenvalue weighted by Crippen LogP contribution is 2.14. The van der Waals surface area contributed by atoms with Gasteiger partial charge in [-0.1, -0.05) is 11.8 Å². The van der Waals surface area contributed by atoms with Gasteiger partial charge in [-0.15, -0.1) is 11.3 Å². The van der Waals surface area contributed by atoms with Crippen LogP contribution in [0.4, 0.5) is 4.79 Å². The summed E-state index contributed by atoms with van der Waals surface area (Å²) in [5.74, 6) is 5.77. The lowest BCUT2D eigenvalue weighted by Crippen LogP contribution is -2.34. The highest BCUT2D eigenvalue weighted by atomic mass is 32.1. The molecule has 0 radical (unpaired) electrons. The number of nitrogens with zero attached hydrogens (tertiary/aromatic N) is 1. The fourth-order valence-electron chi connectivity index (χ4n) is 1.20. The summed E-state index contributed by atoms with van der Waals surface area (Å²) in [4.78, 5) is 13.9. The largest absolute Gasteiger partial charge is 0.341 e. The summed E-state index contributed by atoms with van der Waals surface area (Å²) in [7, 11) is 3.37. The number of thiophene rings is 1. The molecule has 86 valence electrons. The van der Waals surface area contributed by atoms with Crippen molar-refractivity contribution < 1.29 is 4.79 Å². The molecule has 0 aliphatic rings. The van der Waals surface area contributed by atoms with Crippen LogP contribution in [0.5, 0.6) is 0 Å². The van der Waals surface area contributed by atoms with Crippen molar-refractivity contribution in [1.82, 2.24) is 10.2 Å². The Morgan fingerprint density at radius 2 is 2.44 bits per heavy atom. The Hall–Kier alpha value is -1.51. The maximum Gasteiger partial charge on any atom is 0.317 e. The van der Waals surface area contributed by atoms with Crippen molar-refractivity contribution in [2.24, 2.45) is 5.73 Å². The molecule has 1 aromatic rings. The fraction of sp³-hybridized carbons (Fsp3) is 0.364. The van der Waals surface area contributed by atoms with Crippen LogP contribution < -0.4 is 11.1 Å². The van der Waals surface area contributed by atoms with Crippen molar-refractivity contribution in [1.29, 1.82) is 0 Å². The Morgan fingerprint density at radius 3 is 3.06 bits per heavy atom. The lowest BCUT2D eigenvalue weighted by molar-refractivity contribution is 0.209. The van der Waals surface area contributed by atoms with Crippen LogP contribution in [0.15, 0.2) is 11.4 Å². The van der Waals surface area contributed by atoms with Gasteiger partial charge in [-0.05, 0) is 17.0 Å². The zero-order valence-corrected chi connectivity index (χ0v) is 10.2. The Morgan fingerprint density at radius 1 is 1.69 bits per heavy atom. The third-order valence-electron chi connectivity index (χ3n) is 1.95. The van der Waals surface area contributed by atoms with E-state index in [1.54, 1.807) is 30.3 Å². The monoisotopic (exact) mass is 237 g/mol. The van der Waals surface area contributed by atoms with E-state index in [9.17, 15) is 4.79 Å². The summed E-state index contributed by atoms with van der Waals surface area (Å²) in [5, 5.41) is 4.57. The van der Waals surface area contributed by atoms with E-state index in [0.29, 0.717) is 13.1 Å². The standard InChI is InChI=1S/C11H15N3OS/c1-13-11(15)14(2)7-9-6-10(16-8-9)4-3-5-12/h6,8H,5,7,12H2,1-2H3,(H,13,15). The molecule has 1 rings (SSSR count). The molecule has 0 bridgehead atoms. The van der Waals surface area contributed by atoms with Crippen LogP contribution in [0.25, 0.3) is 0 Å². The van der Waals surface area contributed by atoms with E-state index in [1.807, 2.05) is 11.4 Å². The minimum atomic E-state index is -0.0965. The van der Waals surface area contributed by atoms with Crippen LogP contribution in [0.3, 0.4) is 0 Å². The van der Waals surface area contributed by atoms with Gasteiger partial charge in [0.15, 0.2) is 0 Å². The molecule has 3 N–H and O–H groups in total. The van der Waals surface area contributed by atoms with Crippen molar-refractivity contribution in [2.75, 3.05) is 20.6 Å². The maximum atomic E-state index is 11.3. The Balaban J connectivity index is 2.61. The van der Waals surface area contributed by atoms with Gasteiger partial charge in [0.05, 0.1) is 11.4 Å². The SMILES string of the molecule is CNC(=O)N(C)Cc1csc(C#CCN)c1. The zero-order chi connectivity index (χ0) is 12.0. The highest BCUT2D eigenvalue weighted by Gasteiger charge is 2.07. The Bertz CT molecular complexity index is 416. The van der Waals surface area contributed by atoms with Gasteiger partial charge in [0.1, 0.15) is 0 Å². The summed E-state index contributed by atoms with van der Waals surface area (Å²) >= 11 is 1.56. The lowest BCUT2D eigenvalue weighted by atomic mass is 10.3. The fourth-order valence-corrected chi connectivity index (χ4v) is 1.97. The Labute approximate surface area is 99.4 Å². The molecule has 16 heavy (non-hydrogen) atoms. The van der Waals surface area contributed by atoms with Crippen LogP contribution in [0, 0.1) is 11.8 Å². The highest BCUT2D eigenvalue weighted by molar-refractivity contribution is 7.10. The number of amides is 2. The number of rotatable bonds is 2. The molecular weight excluding hydrogens is 222 g/mol. The molecule has 0 spiro atoms. The summed E-state index contributed by atoms with van der Waals surface area (Å²) in [6.07, 6.45) is 0. The van der Waals surface area contributed by atoms with E-state index in [0.717, 1.165) is 10.4 Å². The van der Waals surface area contributed by atoms with Crippen LogP contribution >= 0.6 is 11.3 Å². The molecule has 0 aromatic carbocycles. The molecule has 0 unspecified atom stereocenters. The van der Waals surface area contributed by atoms with Gasteiger partial charge in [0, 0.05) is 20.6 Å². The third-order valence-corrected chi connectivity index (χ3v) is 2.84. The van der Waals surface area contributed by atoms with Crippen molar-refractivity contribution in [3.05, 3.63) is 21.9 Å².